The number of hydrogen-bond acceptors (Lipinski definition) is 7. The summed E-state index contributed by atoms with van der Waals surface area (Å²) in [7, 11) is 1.32. The van der Waals surface area contributed by atoms with Crippen LogP contribution in [0.3, 0.4) is 0 Å². The molecule has 0 unspecified atom stereocenters. The minimum absolute atomic E-state index is 0.253. The molecule has 0 saturated carbocycles. The van der Waals surface area contributed by atoms with Gasteiger partial charge in [-0.2, -0.15) is 0 Å². The predicted molar refractivity (Wildman–Crippen MR) is 110 cm³/mol. The van der Waals surface area contributed by atoms with Crippen molar-refractivity contribution >= 4 is 50.5 Å². The number of fused-ring (bicyclic) bond motifs is 1. The van der Waals surface area contributed by atoms with E-state index in [4.69, 9.17) is 16.3 Å². The fourth-order valence-corrected chi connectivity index (χ4v) is 5.04. The molecule has 0 aliphatic carbocycles. The van der Waals surface area contributed by atoms with E-state index < -0.39 is 5.97 Å². The molecule has 3 aromatic heterocycles. The van der Waals surface area contributed by atoms with Crippen molar-refractivity contribution in [3.05, 3.63) is 60.6 Å². The highest BCUT2D eigenvalue weighted by Crippen LogP contribution is 2.28. The van der Waals surface area contributed by atoms with Crippen LogP contribution in [0.25, 0.3) is 10.2 Å². The number of methoxy groups -OCH3 is 1. The number of aromatic amines is 1. The summed E-state index contributed by atoms with van der Waals surface area (Å²) >= 11 is 8.70. The second kappa shape index (κ2) is 8.35. The van der Waals surface area contributed by atoms with E-state index in [-0.39, 0.29) is 5.56 Å². The second-order valence-corrected chi connectivity index (χ2v) is 8.70. The number of nitrogens with zero attached hydrogens (tertiary/aromatic N) is 2. The summed E-state index contributed by atoms with van der Waals surface area (Å²) in [5.41, 5.74) is 0.343. The number of nitrogens with one attached hydrogen (secondary N) is 1. The van der Waals surface area contributed by atoms with Gasteiger partial charge in [0.15, 0.2) is 0 Å². The van der Waals surface area contributed by atoms with Crippen molar-refractivity contribution in [2.45, 2.75) is 20.0 Å². The Hall–Kier alpha value is -2.00. The zero-order valence-electron chi connectivity index (χ0n) is 14.9. The number of thiophene rings is 2. The Morgan fingerprint density at radius 3 is 2.81 bits per heavy atom. The number of aryl methyl sites for hydroxylation is 1. The first-order valence-electron chi connectivity index (χ1n) is 8.11. The summed E-state index contributed by atoms with van der Waals surface area (Å²) in [6, 6.07) is 3.84. The lowest BCUT2D eigenvalue weighted by Gasteiger charge is -2.19. The molecule has 0 spiro atoms. The van der Waals surface area contributed by atoms with Gasteiger partial charge in [-0.05, 0) is 24.6 Å². The maximum absolute atomic E-state index is 12.6. The molecule has 9 heteroatoms. The molecule has 0 amide bonds. The van der Waals surface area contributed by atoms with E-state index in [0.29, 0.717) is 46.1 Å². The summed E-state index contributed by atoms with van der Waals surface area (Å²) < 4.78 is 5.52. The van der Waals surface area contributed by atoms with Crippen molar-refractivity contribution < 1.29 is 9.53 Å². The predicted octanol–water partition coefficient (Wildman–Crippen LogP) is 3.98. The van der Waals surface area contributed by atoms with Gasteiger partial charge in [0, 0.05) is 18.0 Å². The van der Waals surface area contributed by atoms with Gasteiger partial charge in [0.25, 0.3) is 5.56 Å². The van der Waals surface area contributed by atoms with Crippen LogP contribution in [0, 0.1) is 6.92 Å². The highest BCUT2D eigenvalue weighted by Gasteiger charge is 2.20. The Morgan fingerprint density at radius 2 is 2.19 bits per heavy atom. The van der Waals surface area contributed by atoms with Crippen LogP contribution in [0.5, 0.6) is 0 Å². The molecule has 27 heavy (non-hydrogen) atoms. The van der Waals surface area contributed by atoms with E-state index in [1.54, 1.807) is 13.0 Å². The third kappa shape index (κ3) is 4.30. The van der Waals surface area contributed by atoms with Crippen LogP contribution < -0.4 is 5.56 Å². The number of carbonyl (C=O) groups is 1. The van der Waals surface area contributed by atoms with Gasteiger partial charge in [-0.1, -0.05) is 17.7 Å². The van der Waals surface area contributed by atoms with Gasteiger partial charge in [-0.15, -0.1) is 29.3 Å². The van der Waals surface area contributed by atoms with Crippen molar-refractivity contribution in [3.8, 4) is 0 Å². The Kier molecular flexibility index (Phi) is 6.11. The summed E-state index contributed by atoms with van der Waals surface area (Å²) in [6.07, 6.45) is 1.80. The molecule has 0 bridgehead atoms. The molecular weight excluding hydrogens is 406 g/mol. The van der Waals surface area contributed by atoms with Gasteiger partial charge in [-0.3, -0.25) is 9.69 Å². The van der Waals surface area contributed by atoms with E-state index >= 15 is 0 Å². The summed E-state index contributed by atoms with van der Waals surface area (Å²) in [6.45, 7) is 7.27. The third-order valence-corrected chi connectivity index (χ3v) is 6.37. The van der Waals surface area contributed by atoms with E-state index in [0.717, 1.165) is 9.21 Å². The Labute approximate surface area is 169 Å². The van der Waals surface area contributed by atoms with Crippen molar-refractivity contribution in [3.63, 3.8) is 0 Å². The largest absolute Gasteiger partial charge is 0.465 e. The van der Waals surface area contributed by atoms with Crippen LogP contribution in [0.4, 0.5) is 0 Å². The van der Waals surface area contributed by atoms with E-state index in [1.807, 2.05) is 12.1 Å². The number of rotatable bonds is 7. The molecule has 0 saturated heterocycles. The summed E-state index contributed by atoms with van der Waals surface area (Å²) in [5.74, 6) is 0.0778. The first-order chi connectivity index (χ1) is 12.9. The molecule has 3 rings (SSSR count). The zero-order chi connectivity index (χ0) is 19.6. The fraction of sp³-hybridized carbons (Fsp3) is 0.278. The van der Waals surface area contributed by atoms with Gasteiger partial charge < -0.3 is 9.72 Å². The molecule has 0 aliphatic rings. The number of halogens is 1. The lowest BCUT2D eigenvalue weighted by molar-refractivity contribution is 0.0605. The molecule has 0 fully saturated rings. The number of carbonyl (C=O) groups excluding carboxylic acids is 1. The quantitative estimate of drug-likeness (QED) is 0.459. The maximum Gasteiger partial charge on any atom is 0.348 e. The van der Waals surface area contributed by atoms with Crippen LogP contribution in [0.1, 0.15) is 25.9 Å². The van der Waals surface area contributed by atoms with Crippen molar-refractivity contribution in [1.82, 2.24) is 14.9 Å². The molecular formula is C18H18ClN3O3S2. The smallest absolute Gasteiger partial charge is 0.348 e. The van der Waals surface area contributed by atoms with Crippen LogP contribution in [0.15, 0.2) is 29.6 Å². The normalized spacial score (nSPS) is 11.3. The van der Waals surface area contributed by atoms with Gasteiger partial charge in [-0.25, -0.2) is 9.78 Å². The molecule has 0 aromatic carbocycles. The van der Waals surface area contributed by atoms with Crippen LogP contribution in [-0.4, -0.2) is 34.5 Å². The molecule has 1 N–H and O–H groups in total. The van der Waals surface area contributed by atoms with E-state index in [9.17, 15) is 9.59 Å². The summed E-state index contributed by atoms with van der Waals surface area (Å²) in [5, 5.41) is 0.435. The molecule has 0 radical (unpaired) electrons. The molecule has 0 atom stereocenters. The van der Waals surface area contributed by atoms with Gasteiger partial charge >= 0.3 is 5.97 Å². The first kappa shape index (κ1) is 19.8. The van der Waals surface area contributed by atoms with Crippen molar-refractivity contribution in [2.24, 2.45) is 0 Å². The number of ether oxygens (including phenoxy) is 1. The number of H-pyrrole nitrogens is 1. The molecule has 3 aromatic rings. The summed E-state index contributed by atoms with van der Waals surface area (Å²) in [4.78, 5) is 36.0. The molecule has 3 heterocycles. The van der Waals surface area contributed by atoms with E-state index in [2.05, 4.69) is 21.4 Å². The van der Waals surface area contributed by atoms with E-state index in [1.165, 1.54) is 29.8 Å². The Balaban J connectivity index is 1.91. The maximum atomic E-state index is 12.6. The fourth-order valence-electron chi connectivity index (χ4n) is 2.79. The van der Waals surface area contributed by atoms with Crippen molar-refractivity contribution in [2.75, 3.05) is 13.7 Å². The van der Waals surface area contributed by atoms with Gasteiger partial charge in [0.05, 0.1) is 23.4 Å². The number of esters is 1. The van der Waals surface area contributed by atoms with Crippen LogP contribution in [-0.2, 0) is 17.8 Å². The Bertz CT molecular complexity index is 1050. The SMILES string of the molecule is C=CCN(Cc1nc2sc(C(=O)OC)c(C)c2c(=O)[nH]1)Cc1ccc(Cl)s1. The van der Waals surface area contributed by atoms with Crippen molar-refractivity contribution in [1.29, 1.82) is 0 Å². The Morgan fingerprint density at radius 1 is 1.41 bits per heavy atom. The highest BCUT2D eigenvalue weighted by atomic mass is 35.5. The van der Waals surface area contributed by atoms with Crippen LogP contribution in [0.2, 0.25) is 4.34 Å². The topological polar surface area (TPSA) is 75.3 Å². The monoisotopic (exact) mass is 423 g/mol. The zero-order valence-corrected chi connectivity index (χ0v) is 17.3. The minimum atomic E-state index is -0.459. The minimum Gasteiger partial charge on any atom is -0.465 e. The number of aromatic nitrogens is 2. The molecule has 142 valence electrons. The average molecular weight is 424 g/mol. The molecule has 6 nitrogen and oxygen atoms in total. The third-order valence-electron chi connectivity index (χ3n) is 3.99. The number of hydrogen-bond donors (Lipinski definition) is 1. The second-order valence-electron chi connectivity index (χ2n) is 5.90. The highest BCUT2D eigenvalue weighted by molar-refractivity contribution is 7.20. The van der Waals surface area contributed by atoms with Crippen LogP contribution >= 0.6 is 34.3 Å². The average Bonchev–Trinajstić information content (AvgIpc) is 3.17. The first-order valence-corrected chi connectivity index (χ1v) is 10.1. The lowest BCUT2D eigenvalue weighted by Crippen LogP contribution is -2.25. The molecule has 0 aliphatic heterocycles. The standard InChI is InChI=1S/C18H18ClN3O3S2/c1-4-7-22(8-11-5-6-12(19)26-11)9-13-20-16(23)14-10(2)15(18(24)25-3)27-17(14)21-13/h4-6H,1,7-9H2,2-3H3,(H,20,21,23). The van der Waals surface area contributed by atoms with Gasteiger partial charge in [0.2, 0.25) is 0 Å². The van der Waals surface area contributed by atoms with Gasteiger partial charge in [0.1, 0.15) is 15.5 Å². The lowest BCUT2D eigenvalue weighted by atomic mass is 10.2.